The van der Waals surface area contributed by atoms with Gasteiger partial charge in [-0.3, -0.25) is 28.9 Å². The van der Waals surface area contributed by atoms with Crippen LogP contribution in [0.4, 0.5) is 27.6 Å². The number of rotatable bonds is 7. The summed E-state index contributed by atoms with van der Waals surface area (Å²) in [5, 5.41) is 19.7. The first kappa shape index (κ1) is 36.5. The lowest BCUT2D eigenvalue weighted by Crippen LogP contribution is -2.60. The van der Waals surface area contributed by atoms with Crippen molar-refractivity contribution in [3.8, 4) is 11.5 Å². The molecule has 2 aromatic carbocycles. The molecule has 0 radical (unpaired) electrons. The number of carboxylic acid groups (broad SMARTS) is 1. The highest BCUT2D eigenvalue weighted by molar-refractivity contribution is 9.13. The topological polar surface area (TPSA) is 142 Å². The molecule has 2 aromatic rings. The van der Waals surface area contributed by atoms with Crippen LogP contribution in [0.3, 0.4) is 0 Å². The molecule has 4 amide bonds. The van der Waals surface area contributed by atoms with E-state index in [2.05, 4.69) is 31.9 Å². The number of halogens is 9. The van der Waals surface area contributed by atoms with Crippen molar-refractivity contribution in [2.24, 2.45) is 17.8 Å². The zero-order chi connectivity index (χ0) is 36.9. The van der Waals surface area contributed by atoms with E-state index in [9.17, 15) is 42.3 Å². The van der Waals surface area contributed by atoms with Crippen LogP contribution in [-0.2, 0) is 24.0 Å². The lowest BCUT2D eigenvalue weighted by Gasteiger charge is -2.51. The summed E-state index contributed by atoms with van der Waals surface area (Å²) in [5.74, 6) is -24.0. The van der Waals surface area contributed by atoms with E-state index >= 15 is 8.78 Å². The summed E-state index contributed by atoms with van der Waals surface area (Å²) in [7, 11) is 1.19. The molecule has 1 saturated carbocycles. The zero-order valence-electron chi connectivity index (χ0n) is 25.1. The second kappa shape index (κ2) is 12.4. The Morgan fingerprint density at radius 1 is 0.960 bits per heavy atom. The number of imide groups is 2. The number of carbonyl (C=O) groups is 5. The number of ether oxygens (including phenoxy) is 1. The maximum Gasteiger partial charge on any atom is 0.303 e. The van der Waals surface area contributed by atoms with Gasteiger partial charge in [-0.05, 0) is 68.7 Å². The Balaban J connectivity index is 1.59. The summed E-state index contributed by atoms with van der Waals surface area (Å²) < 4.78 is 78.6. The molecule has 2 aliphatic heterocycles. The van der Waals surface area contributed by atoms with Crippen molar-refractivity contribution in [2.75, 3.05) is 18.6 Å². The second-order valence-corrected chi connectivity index (χ2v) is 15.0. The molecule has 2 saturated heterocycles. The number of benzene rings is 2. The number of anilines is 1. The molecule has 266 valence electrons. The van der Waals surface area contributed by atoms with Crippen molar-refractivity contribution in [1.82, 2.24) is 4.90 Å². The number of nitrogens with zero attached hydrogens (tertiary/aromatic N) is 2. The SMILES string of the molecule is COc1cc([C@H]2C3=CC[C@@H]4C(=O)N(CCCC(=O)O)C(=O)[C@@H]4[C@@H]3C[C@@]3(Cl)C(=O)N(c4c(F)c(F)c(F)c(F)c4F)C(=O)[C@@]23Cl)c(Br)c(Br)c1O. The van der Waals surface area contributed by atoms with Crippen molar-refractivity contribution in [3.63, 3.8) is 0 Å². The third-order valence-electron chi connectivity index (χ3n) is 9.79. The summed E-state index contributed by atoms with van der Waals surface area (Å²) in [5.41, 5.74) is -1.76. The Labute approximate surface area is 305 Å². The smallest absolute Gasteiger partial charge is 0.303 e. The van der Waals surface area contributed by atoms with Crippen molar-refractivity contribution >= 4 is 90.3 Å². The van der Waals surface area contributed by atoms with E-state index in [1.807, 2.05) is 0 Å². The number of aromatic hydroxyl groups is 1. The largest absolute Gasteiger partial charge is 0.503 e. The van der Waals surface area contributed by atoms with Gasteiger partial charge in [0.05, 0.1) is 23.4 Å². The van der Waals surface area contributed by atoms with Crippen LogP contribution in [0.1, 0.15) is 37.2 Å². The van der Waals surface area contributed by atoms with Crippen molar-refractivity contribution < 1.29 is 60.9 Å². The number of aliphatic carboxylic acids is 1. The van der Waals surface area contributed by atoms with Crippen LogP contribution in [0.2, 0.25) is 0 Å². The third-order valence-corrected chi connectivity index (χ3v) is 13.4. The number of likely N-dealkylation sites (tertiary alicyclic amines) is 1. The summed E-state index contributed by atoms with van der Waals surface area (Å²) in [6, 6.07) is 1.21. The summed E-state index contributed by atoms with van der Waals surface area (Å²) in [4.78, 5) is 62.2. The van der Waals surface area contributed by atoms with Crippen LogP contribution < -0.4 is 9.64 Å². The first-order chi connectivity index (χ1) is 23.4. The second-order valence-electron chi connectivity index (χ2n) is 12.2. The van der Waals surface area contributed by atoms with Crippen LogP contribution in [-0.4, -0.2) is 68.1 Å². The van der Waals surface area contributed by atoms with Gasteiger partial charge in [-0.2, -0.15) is 0 Å². The number of hydrogen-bond acceptors (Lipinski definition) is 7. The number of alkyl halides is 2. The zero-order valence-corrected chi connectivity index (χ0v) is 29.8. The predicted octanol–water partition coefficient (Wildman–Crippen LogP) is 6.05. The molecule has 6 atom stereocenters. The molecule has 3 fully saturated rings. The highest BCUT2D eigenvalue weighted by atomic mass is 79.9. The molecule has 6 rings (SSSR count). The third kappa shape index (κ3) is 4.78. The number of phenolic OH excluding ortho intramolecular Hbond substituents is 1. The number of phenols is 1. The molecule has 50 heavy (non-hydrogen) atoms. The van der Waals surface area contributed by atoms with Crippen LogP contribution in [0.15, 0.2) is 26.7 Å². The average Bonchev–Trinajstić information content (AvgIpc) is 3.40. The maximum atomic E-state index is 15.2. The molecular formula is C31H21Br2Cl2F5N2O8. The number of amides is 4. The van der Waals surface area contributed by atoms with Gasteiger partial charge in [0.2, 0.25) is 17.6 Å². The molecule has 4 aliphatic rings. The van der Waals surface area contributed by atoms with Gasteiger partial charge >= 0.3 is 5.97 Å². The predicted molar refractivity (Wildman–Crippen MR) is 170 cm³/mol. The van der Waals surface area contributed by atoms with Gasteiger partial charge in [0, 0.05) is 23.4 Å². The number of fused-ring (bicyclic) bond motifs is 4. The highest BCUT2D eigenvalue weighted by Gasteiger charge is 2.77. The van der Waals surface area contributed by atoms with Crippen LogP contribution in [0.25, 0.3) is 0 Å². The van der Waals surface area contributed by atoms with E-state index < -0.39 is 110 Å². The number of allylic oxidation sites excluding steroid dienone is 2. The van der Waals surface area contributed by atoms with Gasteiger partial charge in [0.1, 0.15) is 5.69 Å². The monoisotopic (exact) mass is 872 g/mol. The Kier molecular flexibility index (Phi) is 9.09. The fourth-order valence-electron chi connectivity index (χ4n) is 7.56. The molecular weight excluding hydrogens is 854 g/mol. The van der Waals surface area contributed by atoms with Crippen LogP contribution >= 0.6 is 55.1 Å². The maximum absolute atomic E-state index is 15.2. The molecule has 0 unspecified atom stereocenters. The van der Waals surface area contributed by atoms with E-state index in [1.54, 1.807) is 0 Å². The molecule has 2 N–H and O–H groups in total. The van der Waals surface area contributed by atoms with Gasteiger partial charge in [-0.15, -0.1) is 23.2 Å². The first-order valence-electron chi connectivity index (χ1n) is 14.7. The van der Waals surface area contributed by atoms with Crippen LogP contribution in [0.5, 0.6) is 11.5 Å². The molecule has 0 spiro atoms. The van der Waals surface area contributed by atoms with Crippen molar-refractivity contribution in [1.29, 1.82) is 0 Å². The van der Waals surface area contributed by atoms with Gasteiger partial charge in [-0.25, -0.2) is 26.9 Å². The molecule has 0 aromatic heterocycles. The minimum absolute atomic E-state index is 0.0163. The standard InChI is InChI=1S/C31H21Br2Cl2F5N2O8/c1-50-13-7-11(17(32)18(33)25(13)45)16-9-4-5-10-15(27(47)41(26(10)46)6-2-3-14(43)44)12(9)8-30(34)28(48)42(29(49)31(16,30)35)24-22(39)20(37)19(36)21(38)23(24)40/h4,7,10,12,15-16,45H,2-3,5-6,8H2,1H3,(H,43,44)/t10-,12+,15-,16+,30+,31-/m0/s1. The lowest BCUT2D eigenvalue weighted by molar-refractivity contribution is -0.142. The van der Waals surface area contributed by atoms with Gasteiger partial charge in [-0.1, -0.05) is 11.6 Å². The quantitative estimate of drug-likeness (QED) is 0.0857. The average molecular weight is 875 g/mol. The number of hydrogen-bond donors (Lipinski definition) is 2. The van der Waals surface area contributed by atoms with Gasteiger partial charge in [0.15, 0.2) is 44.5 Å². The molecule has 19 heteroatoms. The Morgan fingerprint density at radius 2 is 1.56 bits per heavy atom. The molecule has 0 bridgehead atoms. The minimum Gasteiger partial charge on any atom is -0.503 e. The molecule has 2 aliphatic carbocycles. The Bertz CT molecular complexity index is 1960. The van der Waals surface area contributed by atoms with E-state index in [-0.39, 0.29) is 56.5 Å². The number of carboxylic acids is 1. The normalized spacial score (nSPS) is 28.9. The summed E-state index contributed by atoms with van der Waals surface area (Å²) in [6.07, 6.45) is 0.265. The van der Waals surface area contributed by atoms with Gasteiger partial charge in [0.25, 0.3) is 11.8 Å². The fourth-order valence-corrected chi connectivity index (χ4v) is 9.45. The van der Waals surface area contributed by atoms with E-state index in [1.165, 1.54) is 19.3 Å². The van der Waals surface area contributed by atoms with Crippen molar-refractivity contribution in [3.05, 3.63) is 61.3 Å². The van der Waals surface area contributed by atoms with Crippen molar-refractivity contribution in [2.45, 2.75) is 41.3 Å². The van der Waals surface area contributed by atoms with E-state index in [0.29, 0.717) is 0 Å². The number of carbonyl (C=O) groups excluding carboxylic acids is 4. The highest BCUT2D eigenvalue weighted by Crippen LogP contribution is 2.67. The molecule has 10 nitrogen and oxygen atoms in total. The van der Waals surface area contributed by atoms with E-state index in [4.69, 9.17) is 33.0 Å². The Morgan fingerprint density at radius 3 is 2.14 bits per heavy atom. The van der Waals surface area contributed by atoms with Crippen LogP contribution in [0, 0.1) is 46.8 Å². The number of methoxy groups -OCH3 is 1. The summed E-state index contributed by atoms with van der Waals surface area (Å²) >= 11 is 20.8. The lowest BCUT2D eigenvalue weighted by atomic mass is 9.56. The van der Waals surface area contributed by atoms with E-state index in [0.717, 1.165) is 4.90 Å². The first-order valence-corrected chi connectivity index (χ1v) is 17.0. The minimum atomic E-state index is -2.79. The fraction of sp³-hybridized carbons (Fsp3) is 0.387. The van der Waals surface area contributed by atoms with Gasteiger partial charge < -0.3 is 14.9 Å². The summed E-state index contributed by atoms with van der Waals surface area (Å²) in [6.45, 7) is -0.243. The Hall–Kier alpha value is -3.28. The molecule has 2 heterocycles.